The summed E-state index contributed by atoms with van der Waals surface area (Å²) in [5.74, 6) is 0.915. The molecule has 2 aliphatic rings. The largest absolute Gasteiger partial charge is 0.373 e. The summed E-state index contributed by atoms with van der Waals surface area (Å²) in [6, 6.07) is 11.1. The van der Waals surface area contributed by atoms with Gasteiger partial charge in [0.05, 0.1) is 12.2 Å². The van der Waals surface area contributed by atoms with Crippen LogP contribution in [-0.2, 0) is 4.74 Å². The summed E-state index contributed by atoms with van der Waals surface area (Å²) in [6.45, 7) is 10.5. The molecule has 3 unspecified atom stereocenters. The van der Waals surface area contributed by atoms with Crippen molar-refractivity contribution in [3.8, 4) is 0 Å². The maximum absolute atomic E-state index is 5.80. The van der Waals surface area contributed by atoms with E-state index in [9.17, 15) is 0 Å². The van der Waals surface area contributed by atoms with Gasteiger partial charge in [0.1, 0.15) is 0 Å². The van der Waals surface area contributed by atoms with Crippen LogP contribution in [0.4, 0.5) is 5.69 Å². The lowest BCUT2D eigenvalue weighted by atomic mass is 10.2. The van der Waals surface area contributed by atoms with Crippen LogP contribution in [0.3, 0.4) is 0 Å². The third-order valence-electron chi connectivity index (χ3n) is 5.31. The average molecular weight is 501 g/mol. The number of hydrogen-bond donors (Lipinski definition) is 2. The topological polar surface area (TPSA) is 52.1 Å². The van der Waals surface area contributed by atoms with E-state index >= 15 is 0 Å². The molecule has 2 fully saturated rings. The number of ether oxygens (including phenoxy) is 1. The second kappa shape index (κ2) is 11.8. The van der Waals surface area contributed by atoms with E-state index in [0.717, 1.165) is 58.1 Å². The number of halogens is 1. The van der Waals surface area contributed by atoms with Crippen LogP contribution in [0, 0.1) is 0 Å². The molecule has 1 aromatic carbocycles. The number of nitrogens with one attached hydrogen (secondary N) is 2. The first-order valence-corrected chi connectivity index (χ1v) is 10.3. The monoisotopic (exact) mass is 501 g/mol. The summed E-state index contributed by atoms with van der Waals surface area (Å²) >= 11 is 0. The van der Waals surface area contributed by atoms with E-state index in [1.807, 2.05) is 7.05 Å². The van der Waals surface area contributed by atoms with Gasteiger partial charge in [0.2, 0.25) is 0 Å². The SMILES string of the molecule is CN=C(NCCCN1CC(C)OC(C)C1)NC1CCN(c2ccccc2)C1.I. The van der Waals surface area contributed by atoms with Gasteiger partial charge in [-0.25, -0.2) is 0 Å². The van der Waals surface area contributed by atoms with Crippen molar-refractivity contribution in [2.75, 3.05) is 51.2 Å². The van der Waals surface area contributed by atoms with Crippen molar-refractivity contribution in [1.29, 1.82) is 0 Å². The van der Waals surface area contributed by atoms with Crippen LogP contribution in [0.15, 0.2) is 35.3 Å². The molecule has 2 heterocycles. The first-order valence-electron chi connectivity index (χ1n) is 10.3. The predicted molar refractivity (Wildman–Crippen MR) is 128 cm³/mol. The third kappa shape index (κ3) is 7.08. The zero-order chi connectivity index (χ0) is 19.1. The molecule has 2 saturated heterocycles. The Labute approximate surface area is 187 Å². The quantitative estimate of drug-likeness (QED) is 0.272. The molecule has 0 aromatic heterocycles. The molecule has 2 N–H and O–H groups in total. The molecule has 0 saturated carbocycles. The number of guanidine groups is 1. The van der Waals surface area contributed by atoms with E-state index in [2.05, 4.69) is 69.6 Å². The van der Waals surface area contributed by atoms with Crippen LogP contribution in [0.5, 0.6) is 0 Å². The molecule has 0 aliphatic carbocycles. The van der Waals surface area contributed by atoms with E-state index in [1.165, 1.54) is 5.69 Å². The van der Waals surface area contributed by atoms with Crippen LogP contribution in [-0.4, -0.2) is 75.4 Å². The first kappa shape index (κ1) is 23.2. The number of anilines is 1. The summed E-state index contributed by atoms with van der Waals surface area (Å²) < 4.78 is 5.80. The molecule has 7 heteroatoms. The van der Waals surface area contributed by atoms with Gasteiger partial charge < -0.3 is 20.3 Å². The zero-order valence-electron chi connectivity index (χ0n) is 17.4. The molecule has 0 radical (unpaired) electrons. The van der Waals surface area contributed by atoms with Crippen molar-refractivity contribution in [2.45, 2.75) is 44.9 Å². The van der Waals surface area contributed by atoms with Crippen molar-refractivity contribution in [1.82, 2.24) is 15.5 Å². The van der Waals surface area contributed by atoms with Crippen molar-refractivity contribution < 1.29 is 4.74 Å². The summed E-state index contributed by atoms with van der Waals surface area (Å²) in [5.41, 5.74) is 1.30. The van der Waals surface area contributed by atoms with E-state index < -0.39 is 0 Å². The maximum Gasteiger partial charge on any atom is 0.191 e. The van der Waals surface area contributed by atoms with Gasteiger partial charge in [0.15, 0.2) is 5.96 Å². The second-order valence-corrected chi connectivity index (χ2v) is 7.78. The zero-order valence-corrected chi connectivity index (χ0v) is 19.8. The van der Waals surface area contributed by atoms with E-state index in [1.54, 1.807) is 0 Å². The summed E-state index contributed by atoms with van der Waals surface area (Å²) in [7, 11) is 1.85. The highest BCUT2D eigenvalue weighted by atomic mass is 127. The van der Waals surface area contributed by atoms with Crippen LogP contribution in [0.1, 0.15) is 26.7 Å². The lowest BCUT2D eigenvalue weighted by molar-refractivity contribution is -0.0679. The fourth-order valence-corrected chi connectivity index (χ4v) is 4.12. The number of hydrogen-bond acceptors (Lipinski definition) is 4. The minimum Gasteiger partial charge on any atom is -0.373 e. The second-order valence-electron chi connectivity index (χ2n) is 7.78. The van der Waals surface area contributed by atoms with Crippen LogP contribution in [0.25, 0.3) is 0 Å². The standard InChI is InChI=1S/C21H35N5O.HI/c1-17-14-25(15-18(2)27-17)12-7-11-23-21(22-3)24-19-10-13-26(16-19)20-8-5-4-6-9-20;/h4-6,8-9,17-19H,7,10-16H2,1-3H3,(H2,22,23,24);1H. The molecular formula is C21H36IN5O. The molecule has 0 spiro atoms. The number of morpholine rings is 1. The Balaban J connectivity index is 0.00000280. The Morgan fingerprint density at radius 3 is 2.54 bits per heavy atom. The van der Waals surface area contributed by atoms with Crippen LogP contribution < -0.4 is 15.5 Å². The molecule has 2 aliphatic heterocycles. The van der Waals surface area contributed by atoms with E-state index in [0.29, 0.717) is 18.2 Å². The molecule has 0 bridgehead atoms. The summed E-state index contributed by atoms with van der Waals surface area (Å²) in [5, 5.41) is 7.06. The van der Waals surface area contributed by atoms with E-state index in [4.69, 9.17) is 4.74 Å². The highest BCUT2D eigenvalue weighted by molar-refractivity contribution is 14.0. The molecule has 1 aromatic rings. The normalized spacial score (nSPS) is 26.0. The Hall–Kier alpha value is -1.06. The van der Waals surface area contributed by atoms with Gasteiger partial charge in [-0.3, -0.25) is 9.89 Å². The highest BCUT2D eigenvalue weighted by Gasteiger charge is 2.24. The Morgan fingerprint density at radius 2 is 1.86 bits per heavy atom. The van der Waals surface area contributed by atoms with Crippen molar-refractivity contribution >= 4 is 35.6 Å². The fourth-order valence-electron chi connectivity index (χ4n) is 4.12. The Morgan fingerprint density at radius 1 is 1.14 bits per heavy atom. The number of para-hydroxylation sites is 1. The molecule has 158 valence electrons. The molecular weight excluding hydrogens is 465 g/mol. The van der Waals surface area contributed by atoms with Gasteiger partial charge in [-0.05, 0) is 38.8 Å². The number of benzene rings is 1. The minimum absolute atomic E-state index is 0. The highest BCUT2D eigenvalue weighted by Crippen LogP contribution is 2.19. The Kier molecular flexibility index (Phi) is 9.81. The van der Waals surface area contributed by atoms with Crippen molar-refractivity contribution in [3.05, 3.63) is 30.3 Å². The van der Waals surface area contributed by atoms with Crippen LogP contribution >= 0.6 is 24.0 Å². The van der Waals surface area contributed by atoms with E-state index in [-0.39, 0.29) is 24.0 Å². The number of rotatable bonds is 6. The maximum atomic E-state index is 5.80. The number of aliphatic imine (C=N–C) groups is 1. The fraction of sp³-hybridized carbons (Fsp3) is 0.667. The lowest BCUT2D eigenvalue weighted by Crippen LogP contribution is -2.47. The van der Waals surface area contributed by atoms with Gasteiger partial charge >= 0.3 is 0 Å². The van der Waals surface area contributed by atoms with Crippen molar-refractivity contribution in [2.24, 2.45) is 4.99 Å². The first-order chi connectivity index (χ1) is 13.1. The minimum atomic E-state index is 0. The summed E-state index contributed by atoms with van der Waals surface area (Å²) in [4.78, 5) is 9.34. The van der Waals surface area contributed by atoms with Gasteiger partial charge in [-0.1, -0.05) is 18.2 Å². The van der Waals surface area contributed by atoms with Crippen molar-refractivity contribution in [3.63, 3.8) is 0 Å². The predicted octanol–water partition coefficient (Wildman–Crippen LogP) is 2.55. The average Bonchev–Trinajstić information content (AvgIpc) is 3.13. The molecule has 0 amide bonds. The lowest BCUT2D eigenvalue weighted by Gasteiger charge is -2.35. The smallest absolute Gasteiger partial charge is 0.191 e. The molecule has 6 nitrogen and oxygen atoms in total. The molecule has 3 atom stereocenters. The summed E-state index contributed by atoms with van der Waals surface area (Å²) in [6.07, 6.45) is 2.93. The Bertz CT molecular complexity index is 590. The van der Waals surface area contributed by atoms with Gasteiger partial charge in [-0.2, -0.15) is 0 Å². The molecule has 3 rings (SSSR count). The van der Waals surface area contributed by atoms with Gasteiger partial charge in [0, 0.05) is 58.0 Å². The molecule has 28 heavy (non-hydrogen) atoms. The third-order valence-corrected chi connectivity index (χ3v) is 5.31. The van der Waals surface area contributed by atoms with Gasteiger partial charge in [0.25, 0.3) is 0 Å². The number of nitrogens with zero attached hydrogens (tertiary/aromatic N) is 3. The van der Waals surface area contributed by atoms with Gasteiger partial charge in [-0.15, -0.1) is 24.0 Å². The van der Waals surface area contributed by atoms with Crippen LogP contribution in [0.2, 0.25) is 0 Å².